The molecule has 1 atom stereocenters. The van der Waals surface area contributed by atoms with Crippen LogP contribution in [0, 0.1) is 11.8 Å². The van der Waals surface area contributed by atoms with Crippen LogP contribution in [0.1, 0.15) is 44.3 Å². The Hall–Kier alpha value is -1.09. The number of pyridine rings is 1. The Labute approximate surface area is 103 Å². The van der Waals surface area contributed by atoms with Gasteiger partial charge in [0.25, 0.3) is 0 Å². The van der Waals surface area contributed by atoms with Crippen molar-refractivity contribution in [2.45, 2.75) is 38.7 Å². The molecule has 0 radical (unpaired) electrons. The molecule has 94 valence electrons. The molecule has 1 aliphatic carbocycles. The average molecular weight is 235 g/mol. The lowest BCUT2D eigenvalue weighted by molar-refractivity contribution is 0.0733. The Morgan fingerprint density at radius 2 is 2.06 bits per heavy atom. The molecule has 1 saturated carbocycles. The van der Waals surface area contributed by atoms with Crippen LogP contribution in [-0.2, 0) is 0 Å². The third-order valence-electron chi connectivity index (χ3n) is 3.86. The zero-order valence-electron chi connectivity index (χ0n) is 10.6. The summed E-state index contributed by atoms with van der Waals surface area (Å²) in [6, 6.07) is 1.86. The summed E-state index contributed by atoms with van der Waals surface area (Å²) in [6.45, 7) is 2.29. The van der Waals surface area contributed by atoms with Crippen LogP contribution in [0.25, 0.3) is 0 Å². The molecule has 3 nitrogen and oxygen atoms in total. The van der Waals surface area contributed by atoms with Crippen molar-refractivity contribution in [1.29, 1.82) is 0 Å². The molecule has 0 spiro atoms. The second kappa shape index (κ2) is 5.50. The molecule has 1 aromatic heterocycles. The Bertz CT molecular complexity index is 359. The van der Waals surface area contributed by atoms with E-state index in [2.05, 4.69) is 11.9 Å². The van der Waals surface area contributed by atoms with Gasteiger partial charge in [-0.2, -0.15) is 0 Å². The first-order chi connectivity index (χ1) is 8.22. The van der Waals surface area contributed by atoms with Crippen LogP contribution in [0.3, 0.4) is 0 Å². The summed E-state index contributed by atoms with van der Waals surface area (Å²) in [5.41, 5.74) is 0.877. The molecule has 0 amide bonds. The summed E-state index contributed by atoms with van der Waals surface area (Å²) in [5.74, 6) is 1.86. The van der Waals surface area contributed by atoms with E-state index in [9.17, 15) is 5.11 Å². The van der Waals surface area contributed by atoms with Crippen LogP contribution >= 0.6 is 0 Å². The molecular formula is C14H21NO2. The van der Waals surface area contributed by atoms with Gasteiger partial charge in [0.2, 0.25) is 0 Å². The number of aliphatic hydroxyl groups is 1. The molecule has 1 unspecified atom stereocenters. The van der Waals surface area contributed by atoms with E-state index in [1.807, 2.05) is 6.07 Å². The first-order valence-electron chi connectivity index (χ1n) is 6.38. The second-order valence-corrected chi connectivity index (χ2v) is 5.08. The van der Waals surface area contributed by atoms with Gasteiger partial charge in [-0.25, -0.2) is 0 Å². The maximum Gasteiger partial charge on any atom is 0.142 e. The van der Waals surface area contributed by atoms with Crippen molar-refractivity contribution in [3.63, 3.8) is 0 Å². The summed E-state index contributed by atoms with van der Waals surface area (Å²) in [5, 5.41) is 10.4. The van der Waals surface area contributed by atoms with E-state index in [-0.39, 0.29) is 0 Å². The van der Waals surface area contributed by atoms with E-state index in [1.165, 1.54) is 12.8 Å². The van der Waals surface area contributed by atoms with Gasteiger partial charge < -0.3 is 9.84 Å². The molecule has 2 rings (SSSR count). The highest BCUT2D eigenvalue weighted by molar-refractivity contribution is 5.32. The molecule has 17 heavy (non-hydrogen) atoms. The van der Waals surface area contributed by atoms with Crippen molar-refractivity contribution in [2.75, 3.05) is 7.11 Å². The maximum absolute atomic E-state index is 10.4. The Kier molecular flexibility index (Phi) is 4.00. The van der Waals surface area contributed by atoms with Gasteiger partial charge in [0.05, 0.1) is 19.4 Å². The Morgan fingerprint density at radius 3 is 2.71 bits per heavy atom. The minimum atomic E-state index is -0.416. The number of ether oxygens (including phenoxy) is 1. The van der Waals surface area contributed by atoms with Crippen LogP contribution in [0.15, 0.2) is 18.5 Å². The monoisotopic (exact) mass is 235 g/mol. The number of rotatable bonds is 3. The van der Waals surface area contributed by atoms with Gasteiger partial charge in [0, 0.05) is 11.8 Å². The number of hydrogen-bond acceptors (Lipinski definition) is 3. The summed E-state index contributed by atoms with van der Waals surface area (Å²) >= 11 is 0. The maximum atomic E-state index is 10.4. The predicted molar refractivity (Wildman–Crippen MR) is 66.9 cm³/mol. The minimum Gasteiger partial charge on any atom is -0.495 e. The summed E-state index contributed by atoms with van der Waals surface area (Å²) in [4.78, 5) is 4.02. The van der Waals surface area contributed by atoms with Gasteiger partial charge in [0.15, 0.2) is 0 Å². The Morgan fingerprint density at radius 1 is 1.35 bits per heavy atom. The van der Waals surface area contributed by atoms with Crippen LogP contribution in [0.4, 0.5) is 0 Å². The van der Waals surface area contributed by atoms with E-state index in [4.69, 9.17) is 4.74 Å². The molecule has 0 saturated heterocycles. The molecule has 1 aliphatic rings. The minimum absolute atomic E-state index is 0.363. The standard InChI is InChI=1S/C14H21NO2/c1-10-3-5-11(6-4-10)14(16)12-7-8-15-9-13(12)17-2/h7-11,14,16H,3-6H2,1-2H3. The third kappa shape index (κ3) is 2.78. The van der Waals surface area contributed by atoms with Crippen molar-refractivity contribution in [1.82, 2.24) is 4.98 Å². The van der Waals surface area contributed by atoms with Crippen LogP contribution < -0.4 is 4.74 Å². The van der Waals surface area contributed by atoms with Gasteiger partial charge in [-0.1, -0.05) is 19.8 Å². The van der Waals surface area contributed by atoms with Crippen molar-refractivity contribution < 1.29 is 9.84 Å². The van der Waals surface area contributed by atoms with Crippen molar-refractivity contribution in [3.8, 4) is 5.75 Å². The molecular weight excluding hydrogens is 214 g/mol. The summed E-state index contributed by atoms with van der Waals surface area (Å²) < 4.78 is 5.26. The van der Waals surface area contributed by atoms with Gasteiger partial charge >= 0.3 is 0 Å². The number of nitrogens with zero attached hydrogens (tertiary/aromatic N) is 1. The fourth-order valence-electron chi connectivity index (χ4n) is 2.66. The highest BCUT2D eigenvalue weighted by atomic mass is 16.5. The quantitative estimate of drug-likeness (QED) is 0.875. The van der Waals surface area contributed by atoms with E-state index in [0.717, 1.165) is 24.3 Å². The van der Waals surface area contributed by atoms with Crippen molar-refractivity contribution in [3.05, 3.63) is 24.0 Å². The largest absolute Gasteiger partial charge is 0.495 e. The zero-order chi connectivity index (χ0) is 12.3. The van der Waals surface area contributed by atoms with Gasteiger partial charge in [-0.15, -0.1) is 0 Å². The topological polar surface area (TPSA) is 42.4 Å². The van der Waals surface area contributed by atoms with Crippen molar-refractivity contribution >= 4 is 0 Å². The number of hydrogen-bond donors (Lipinski definition) is 1. The smallest absolute Gasteiger partial charge is 0.142 e. The summed E-state index contributed by atoms with van der Waals surface area (Å²) in [6.07, 6.45) is 7.61. The first kappa shape index (κ1) is 12.4. The lowest BCUT2D eigenvalue weighted by atomic mass is 9.78. The fourth-order valence-corrected chi connectivity index (χ4v) is 2.66. The van der Waals surface area contributed by atoms with Crippen LogP contribution in [0.5, 0.6) is 5.75 Å². The van der Waals surface area contributed by atoms with E-state index < -0.39 is 6.10 Å². The molecule has 0 aliphatic heterocycles. The number of aromatic nitrogens is 1. The van der Waals surface area contributed by atoms with E-state index >= 15 is 0 Å². The number of aliphatic hydroxyl groups excluding tert-OH is 1. The van der Waals surface area contributed by atoms with Gasteiger partial charge in [-0.3, -0.25) is 4.98 Å². The highest BCUT2D eigenvalue weighted by Gasteiger charge is 2.27. The first-order valence-corrected chi connectivity index (χ1v) is 6.38. The molecule has 1 heterocycles. The molecule has 0 aromatic carbocycles. The molecule has 3 heteroatoms. The van der Waals surface area contributed by atoms with Gasteiger partial charge in [0.1, 0.15) is 5.75 Å². The Balaban J connectivity index is 2.10. The normalized spacial score (nSPS) is 26.5. The second-order valence-electron chi connectivity index (χ2n) is 5.08. The summed E-state index contributed by atoms with van der Waals surface area (Å²) in [7, 11) is 1.62. The zero-order valence-corrected chi connectivity index (χ0v) is 10.6. The van der Waals surface area contributed by atoms with Gasteiger partial charge in [-0.05, 0) is 30.7 Å². The van der Waals surface area contributed by atoms with Crippen LogP contribution in [0.2, 0.25) is 0 Å². The fraction of sp³-hybridized carbons (Fsp3) is 0.643. The van der Waals surface area contributed by atoms with E-state index in [1.54, 1.807) is 19.5 Å². The lowest BCUT2D eigenvalue weighted by Gasteiger charge is -2.30. The number of methoxy groups -OCH3 is 1. The third-order valence-corrected chi connectivity index (χ3v) is 3.86. The van der Waals surface area contributed by atoms with E-state index in [0.29, 0.717) is 11.7 Å². The average Bonchev–Trinajstić information content (AvgIpc) is 2.39. The lowest BCUT2D eigenvalue weighted by Crippen LogP contribution is -2.19. The molecule has 0 bridgehead atoms. The van der Waals surface area contributed by atoms with Crippen molar-refractivity contribution in [2.24, 2.45) is 11.8 Å². The van der Waals surface area contributed by atoms with Crippen LogP contribution in [-0.4, -0.2) is 17.2 Å². The predicted octanol–water partition coefficient (Wildman–Crippen LogP) is 2.95. The SMILES string of the molecule is COc1cnccc1C(O)C1CCC(C)CC1. The molecule has 1 fully saturated rings. The molecule has 1 N–H and O–H groups in total. The highest BCUT2D eigenvalue weighted by Crippen LogP contribution is 2.38. The molecule has 1 aromatic rings.